The second-order valence-electron chi connectivity index (χ2n) is 4.61. The normalized spacial score (nSPS) is 12.1. The molecule has 0 aliphatic heterocycles. The van der Waals surface area contributed by atoms with Gasteiger partial charge < -0.3 is 9.73 Å². The summed E-state index contributed by atoms with van der Waals surface area (Å²) in [6, 6.07) is 10.8. The number of thioether (sulfide) groups is 1. The fourth-order valence-electron chi connectivity index (χ4n) is 1.74. The molecule has 118 valence electrons. The molecule has 3 aromatic rings. The molecule has 0 spiro atoms. The van der Waals surface area contributed by atoms with Crippen molar-refractivity contribution in [3.8, 4) is 10.8 Å². The molecule has 3 rings (SSSR count). The summed E-state index contributed by atoms with van der Waals surface area (Å²) in [5.74, 6) is 0.320. The number of thiophene rings is 1. The Kier molecular flexibility index (Phi) is 5.00. The molecule has 0 saturated heterocycles. The fraction of sp³-hybridized carbons (Fsp3) is 0.133. The average Bonchev–Trinajstić information content (AvgIpc) is 3.20. The van der Waals surface area contributed by atoms with Gasteiger partial charge in [-0.2, -0.15) is 0 Å². The Morgan fingerprint density at radius 3 is 2.78 bits per heavy atom. The predicted molar refractivity (Wildman–Crippen MR) is 93.0 cm³/mol. The summed E-state index contributed by atoms with van der Waals surface area (Å²) < 4.78 is 5.57. The second kappa shape index (κ2) is 7.16. The van der Waals surface area contributed by atoms with E-state index in [2.05, 4.69) is 15.5 Å². The number of amides is 1. The minimum absolute atomic E-state index is 0.145. The Hall–Kier alpha value is -1.83. The second-order valence-corrected chi connectivity index (χ2v) is 7.28. The molecule has 5 nitrogen and oxygen atoms in total. The number of nitrogens with one attached hydrogen (secondary N) is 1. The lowest BCUT2D eigenvalue weighted by atomic mass is 10.3. The van der Waals surface area contributed by atoms with Crippen molar-refractivity contribution in [2.75, 3.05) is 5.32 Å². The lowest BCUT2D eigenvalue weighted by Gasteiger charge is -2.09. The van der Waals surface area contributed by atoms with Gasteiger partial charge in [-0.15, -0.1) is 21.5 Å². The number of aromatic nitrogens is 2. The molecule has 0 saturated carbocycles. The molecule has 23 heavy (non-hydrogen) atoms. The molecule has 1 N–H and O–H groups in total. The van der Waals surface area contributed by atoms with E-state index in [1.54, 1.807) is 31.2 Å². The monoisotopic (exact) mass is 365 g/mol. The van der Waals surface area contributed by atoms with Crippen LogP contribution < -0.4 is 5.32 Å². The summed E-state index contributed by atoms with van der Waals surface area (Å²) in [4.78, 5) is 13.1. The van der Waals surface area contributed by atoms with E-state index >= 15 is 0 Å². The standard InChI is InChI=1S/C15H12ClN3O2S2/c1-9(13(20)17-11-6-4-10(16)5-7-11)23-15-19-18-14(21-15)12-3-2-8-22-12/h2-9H,1H3,(H,17,20)/t9-/m1/s1. The third-order valence-electron chi connectivity index (χ3n) is 2.90. The molecule has 0 bridgehead atoms. The first-order valence-electron chi connectivity index (χ1n) is 6.72. The molecule has 0 aliphatic carbocycles. The molecule has 0 radical (unpaired) electrons. The van der Waals surface area contributed by atoms with Crippen LogP contribution in [0.4, 0.5) is 5.69 Å². The highest BCUT2D eigenvalue weighted by atomic mass is 35.5. The van der Waals surface area contributed by atoms with Crippen LogP contribution in [-0.4, -0.2) is 21.4 Å². The van der Waals surface area contributed by atoms with E-state index in [4.69, 9.17) is 16.0 Å². The van der Waals surface area contributed by atoms with Gasteiger partial charge in [-0.05, 0) is 42.6 Å². The highest BCUT2D eigenvalue weighted by Crippen LogP contribution is 2.28. The van der Waals surface area contributed by atoms with Crippen LogP contribution in [0.15, 0.2) is 51.4 Å². The van der Waals surface area contributed by atoms with Crippen LogP contribution in [0.2, 0.25) is 5.02 Å². The molecule has 0 unspecified atom stereocenters. The van der Waals surface area contributed by atoms with Crippen molar-refractivity contribution in [2.45, 2.75) is 17.4 Å². The van der Waals surface area contributed by atoms with Gasteiger partial charge in [0.05, 0.1) is 10.1 Å². The van der Waals surface area contributed by atoms with Crippen LogP contribution in [0.3, 0.4) is 0 Å². The van der Waals surface area contributed by atoms with Crippen LogP contribution in [0.5, 0.6) is 0 Å². The predicted octanol–water partition coefficient (Wildman–Crippen LogP) is 4.57. The number of carbonyl (C=O) groups excluding carboxylic acids is 1. The summed E-state index contributed by atoms with van der Waals surface area (Å²) in [7, 11) is 0. The van der Waals surface area contributed by atoms with E-state index < -0.39 is 0 Å². The first kappa shape index (κ1) is 16.0. The lowest BCUT2D eigenvalue weighted by molar-refractivity contribution is -0.115. The zero-order valence-corrected chi connectivity index (χ0v) is 14.4. The van der Waals surface area contributed by atoms with E-state index in [1.807, 2.05) is 17.5 Å². The summed E-state index contributed by atoms with van der Waals surface area (Å²) in [5, 5.41) is 13.3. The summed E-state index contributed by atoms with van der Waals surface area (Å²) in [6.07, 6.45) is 0. The third-order valence-corrected chi connectivity index (χ3v) is 4.94. The fourth-order valence-corrected chi connectivity index (χ4v) is 3.19. The van der Waals surface area contributed by atoms with Gasteiger partial charge in [0.25, 0.3) is 11.1 Å². The number of benzene rings is 1. The Balaban J connectivity index is 1.61. The minimum atomic E-state index is -0.373. The topological polar surface area (TPSA) is 68.0 Å². The minimum Gasteiger partial charge on any atom is -0.410 e. The van der Waals surface area contributed by atoms with Crippen LogP contribution in [-0.2, 0) is 4.79 Å². The first-order valence-corrected chi connectivity index (χ1v) is 8.86. The largest absolute Gasteiger partial charge is 0.410 e. The zero-order chi connectivity index (χ0) is 16.2. The van der Waals surface area contributed by atoms with Crippen LogP contribution in [0.25, 0.3) is 10.8 Å². The molecule has 1 amide bonds. The number of hydrogen-bond donors (Lipinski definition) is 1. The van der Waals surface area contributed by atoms with Crippen molar-refractivity contribution in [1.82, 2.24) is 10.2 Å². The number of hydrogen-bond acceptors (Lipinski definition) is 6. The molecule has 1 atom stereocenters. The maximum atomic E-state index is 12.2. The number of anilines is 1. The third kappa shape index (κ3) is 4.13. The van der Waals surface area contributed by atoms with Gasteiger partial charge >= 0.3 is 0 Å². The molecule has 2 heterocycles. The van der Waals surface area contributed by atoms with Gasteiger partial charge in [-0.3, -0.25) is 4.79 Å². The van der Waals surface area contributed by atoms with Crippen LogP contribution in [0.1, 0.15) is 6.92 Å². The van der Waals surface area contributed by atoms with Crippen molar-refractivity contribution in [3.05, 3.63) is 46.8 Å². The van der Waals surface area contributed by atoms with Crippen molar-refractivity contribution >= 4 is 46.3 Å². The number of halogens is 1. The van der Waals surface area contributed by atoms with Crippen molar-refractivity contribution in [2.24, 2.45) is 0 Å². The maximum Gasteiger partial charge on any atom is 0.277 e. The van der Waals surface area contributed by atoms with Gasteiger partial charge in [0.1, 0.15) is 0 Å². The van der Waals surface area contributed by atoms with E-state index in [0.717, 1.165) is 4.88 Å². The first-order chi connectivity index (χ1) is 11.1. The van der Waals surface area contributed by atoms with Gasteiger partial charge in [-0.25, -0.2) is 0 Å². The summed E-state index contributed by atoms with van der Waals surface area (Å²) in [6.45, 7) is 1.78. The van der Waals surface area contributed by atoms with Crippen molar-refractivity contribution in [3.63, 3.8) is 0 Å². The number of carbonyl (C=O) groups is 1. The van der Waals surface area contributed by atoms with Crippen molar-refractivity contribution in [1.29, 1.82) is 0 Å². The Morgan fingerprint density at radius 1 is 1.30 bits per heavy atom. The molecular weight excluding hydrogens is 354 g/mol. The van der Waals surface area contributed by atoms with E-state index in [1.165, 1.54) is 23.1 Å². The van der Waals surface area contributed by atoms with Gasteiger partial charge in [0, 0.05) is 10.7 Å². The molecular formula is C15H12ClN3O2S2. The average molecular weight is 366 g/mol. The Morgan fingerprint density at radius 2 is 2.09 bits per heavy atom. The smallest absolute Gasteiger partial charge is 0.277 e. The SMILES string of the molecule is C[C@@H](Sc1nnc(-c2cccs2)o1)C(=O)Nc1ccc(Cl)cc1. The Bertz CT molecular complexity index is 787. The van der Waals surface area contributed by atoms with Crippen molar-refractivity contribution < 1.29 is 9.21 Å². The van der Waals surface area contributed by atoms with Crippen LogP contribution in [0, 0.1) is 0 Å². The van der Waals surface area contributed by atoms with Gasteiger partial charge in [0.15, 0.2) is 0 Å². The van der Waals surface area contributed by atoms with Gasteiger partial charge in [0.2, 0.25) is 5.91 Å². The highest BCUT2D eigenvalue weighted by molar-refractivity contribution is 8.00. The molecule has 0 fully saturated rings. The van der Waals surface area contributed by atoms with Crippen LogP contribution >= 0.6 is 34.7 Å². The maximum absolute atomic E-state index is 12.2. The van der Waals surface area contributed by atoms with E-state index in [0.29, 0.717) is 21.8 Å². The molecule has 0 aliphatic rings. The number of nitrogens with zero attached hydrogens (tertiary/aromatic N) is 2. The summed E-state index contributed by atoms with van der Waals surface area (Å²) >= 11 is 8.56. The van der Waals surface area contributed by atoms with E-state index in [-0.39, 0.29) is 11.2 Å². The quantitative estimate of drug-likeness (QED) is 0.671. The Labute approximate surface area is 146 Å². The molecule has 8 heteroatoms. The zero-order valence-electron chi connectivity index (χ0n) is 12.0. The molecule has 2 aromatic heterocycles. The summed E-state index contributed by atoms with van der Waals surface area (Å²) in [5.41, 5.74) is 0.691. The van der Waals surface area contributed by atoms with E-state index in [9.17, 15) is 4.79 Å². The highest BCUT2D eigenvalue weighted by Gasteiger charge is 2.19. The lowest BCUT2D eigenvalue weighted by Crippen LogP contribution is -2.22. The molecule has 1 aromatic carbocycles. The van der Waals surface area contributed by atoms with Gasteiger partial charge in [-0.1, -0.05) is 29.4 Å². The number of rotatable bonds is 5.